The summed E-state index contributed by atoms with van der Waals surface area (Å²) in [5, 5.41) is 11.9. The fourth-order valence-electron chi connectivity index (χ4n) is 2.61. The lowest BCUT2D eigenvalue weighted by atomic mass is 9.77. The van der Waals surface area contributed by atoms with E-state index in [-0.39, 0.29) is 36.3 Å². The van der Waals surface area contributed by atoms with Crippen molar-refractivity contribution >= 4 is 21.6 Å². The molecule has 3 N–H and O–H groups in total. The molecule has 0 aromatic rings. The number of oxime groups is 1. The van der Waals surface area contributed by atoms with Crippen LogP contribution in [0.3, 0.4) is 0 Å². The predicted molar refractivity (Wildman–Crippen MR) is 71.1 cm³/mol. The van der Waals surface area contributed by atoms with Crippen molar-refractivity contribution in [2.24, 2.45) is 16.3 Å². The van der Waals surface area contributed by atoms with E-state index in [4.69, 9.17) is 15.7 Å². The second-order valence-electron chi connectivity index (χ2n) is 5.12. The van der Waals surface area contributed by atoms with Gasteiger partial charge in [-0.2, -0.15) is 0 Å². The van der Waals surface area contributed by atoms with Gasteiger partial charge < -0.3 is 20.6 Å². The van der Waals surface area contributed by atoms with Crippen LogP contribution in [-0.2, 0) is 19.4 Å². The molecule has 2 saturated heterocycles. The fourth-order valence-corrected chi connectivity index (χ4v) is 3.81. The molecule has 0 spiro atoms. The predicted octanol–water partition coefficient (Wildman–Crippen LogP) is -1.21. The van der Waals surface area contributed by atoms with Gasteiger partial charge in [0.1, 0.15) is 5.41 Å². The number of amides is 1. The van der Waals surface area contributed by atoms with Crippen LogP contribution < -0.4 is 5.73 Å². The first-order chi connectivity index (χ1) is 9.41. The first-order valence-electron chi connectivity index (χ1n) is 6.47. The van der Waals surface area contributed by atoms with Crippen LogP contribution in [0.25, 0.3) is 0 Å². The van der Waals surface area contributed by atoms with E-state index in [1.54, 1.807) is 0 Å². The molecule has 0 aromatic carbocycles. The van der Waals surface area contributed by atoms with Crippen molar-refractivity contribution < 1.29 is 23.2 Å². The molecular weight excluding hydrogens is 286 g/mol. The molecule has 20 heavy (non-hydrogen) atoms. The third kappa shape index (κ3) is 2.73. The zero-order valence-electron chi connectivity index (χ0n) is 11.1. The van der Waals surface area contributed by atoms with Crippen molar-refractivity contribution in [3.05, 3.63) is 0 Å². The number of sulfone groups is 1. The molecule has 0 unspecified atom stereocenters. The standard InChI is InChI=1S/C11H19N3O5S/c12-9(13-16)11(1-5-19-6-2-11)10(15)14-3-7-20(17,18)8-4-14/h16H,1-8H2,(H2,12,13). The van der Waals surface area contributed by atoms with Gasteiger partial charge in [-0.25, -0.2) is 8.42 Å². The van der Waals surface area contributed by atoms with Gasteiger partial charge in [-0.15, -0.1) is 0 Å². The molecule has 8 nitrogen and oxygen atoms in total. The summed E-state index contributed by atoms with van der Waals surface area (Å²) in [6.07, 6.45) is 0.677. The zero-order valence-corrected chi connectivity index (χ0v) is 11.9. The Morgan fingerprint density at radius 3 is 2.30 bits per heavy atom. The molecule has 114 valence electrons. The Morgan fingerprint density at radius 2 is 1.80 bits per heavy atom. The highest BCUT2D eigenvalue weighted by atomic mass is 32.2. The Kier molecular flexibility index (Phi) is 4.19. The maximum Gasteiger partial charge on any atom is 0.236 e. The molecule has 2 heterocycles. The number of carbonyl (C=O) groups is 1. The Morgan fingerprint density at radius 1 is 1.25 bits per heavy atom. The summed E-state index contributed by atoms with van der Waals surface area (Å²) in [5.41, 5.74) is 4.65. The maximum absolute atomic E-state index is 12.7. The van der Waals surface area contributed by atoms with Crippen molar-refractivity contribution in [2.75, 3.05) is 37.8 Å². The summed E-state index contributed by atoms with van der Waals surface area (Å²) in [7, 11) is -3.05. The molecule has 2 aliphatic rings. The van der Waals surface area contributed by atoms with Crippen LogP contribution in [0, 0.1) is 5.41 Å². The Balaban J connectivity index is 2.20. The molecule has 2 aliphatic heterocycles. The lowest BCUT2D eigenvalue weighted by Gasteiger charge is -2.39. The largest absolute Gasteiger partial charge is 0.409 e. The quantitative estimate of drug-likeness (QED) is 0.285. The third-order valence-corrected chi connectivity index (χ3v) is 5.59. The van der Waals surface area contributed by atoms with E-state index in [0.717, 1.165) is 0 Å². The van der Waals surface area contributed by atoms with Gasteiger partial charge in [-0.3, -0.25) is 4.79 Å². The molecule has 2 rings (SSSR count). The normalized spacial score (nSPS) is 26.2. The van der Waals surface area contributed by atoms with E-state index in [1.165, 1.54) is 4.90 Å². The van der Waals surface area contributed by atoms with Crippen LogP contribution in [0.5, 0.6) is 0 Å². The van der Waals surface area contributed by atoms with Crippen LogP contribution in [0.4, 0.5) is 0 Å². The van der Waals surface area contributed by atoms with Crippen molar-refractivity contribution in [3.8, 4) is 0 Å². The van der Waals surface area contributed by atoms with Crippen molar-refractivity contribution in [2.45, 2.75) is 12.8 Å². The summed E-state index contributed by atoms with van der Waals surface area (Å²) in [6, 6.07) is 0. The molecule has 0 atom stereocenters. The van der Waals surface area contributed by atoms with Crippen LogP contribution in [0.1, 0.15) is 12.8 Å². The average molecular weight is 305 g/mol. The number of amidine groups is 1. The number of hydrogen-bond donors (Lipinski definition) is 2. The number of rotatable bonds is 2. The third-order valence-electron chi connectivity index (χ3n) is 3.99. The molecule has 0 aromatic heterocycles. The number of nitrogens with two attached hydrogens (primary N) is 1. The summed E-state index contributed by atoms with van der Waals surface area (Å²) in [6.45, 7) is 1.02. The van der Waals surface area contributed by atoms with E-state index < -0.39 is 15.3 Å². The average Bonchev–Trinajstić information content (AvgIpc) is 2.46. The summed E-state index contributed by atoms with van der Waals surface area (Å²) >= 11 is 0. The maximum atomic E-state index is 12.7. The monoisotopic (exact) mass is 305 g/mol. The van der Waals surface area contributed by atoms with Crippen molar-refractivity contribution in [1.29, 1.82) is 0 Å². The Labute approximate surface area is 117 Å². The lowest BCUT2D eigenvalue weighted by Crippen LogP contribution is -2.56. The highest BCUT2D eigenvalue weighted by Gasteiger charge is 2.47. The highest BCUT2D eigenvalue weighted by molar-refractivity contribution is 7.91. The summed E-state index contributed by atoms with van der Waals surface area (Å²) in [4.78, 5) is 14.2. The minimum absolute atomic E-state index is 0.0402. The van der Waals surface area contributed by atoms with E-state index in [1.807, 2.05) is 0 Å². The van der Waals surface area contributed by atoms with Gasteiger partial charge >= 0.3 is 0 Å². The molecule has 0 bridgehead atoms. The number of ether oxygens (including phenoxy) is 1. The molecule has 9 heteroatoms. The van der Waals surface area contributed by atoms with Crippen LogP contribution >= 0.6 is 0 Å². The van der Waals surface area contributed by atoms with Gasteiger partial charge in [0.2, 0.25) is 5.91 Å². The minimum Gasteiger partial charge on any atom is -0.409 e. The van der Waals surface area contributed by atoms with Crippen molar-refractivity contribution in [3.63, 3.8) is 0 Å². The number of hydrogen-bond acceptors (Lipinski definition) is 6. The Hall–Kier alpha value is -1.35. The summed E-state index contributed by atoms with van der Waals surface area (Å²) < 4.78 is 28.1. The molecular formula is C11H19N3O5S. The Bertz CT molecular complexity index is 496. The topological polar surface area (TPSA) is 122 Å². The highest BCUT2D eigenvalue weighted by Crippen LogP contribution is 2.33. The first kappa shape index (κ1) is 15.0. The molecule has 0 radical (unpaired) electrons. The second-order valence-corrected chi connectivity index (χ2v) is 7.43. The molecule has 1 amide bonds. The van der Waals surface area contributed by atoms with Crippen LogP contribution in [-0.4, -0.2) is 68.1 Å². The molecule has 2 fully saturated rings. The smallest absolute Gasteiger partial charge is 0.236 e. The van der Waals surface area contributed by atoms with Gasteiger partial charge in [-0.05, 0) is 12.8 Å². The van der Waals surface area contributed by atoms with Gasteiger partial charge in [0.25, 0.3) is 0 Å². The van der Waals surface area contributed by atoms with Gasteiger partial charge in [0.05, 0.1) is 11.5 Å². The van der Waals surface area contributed by atoms with E-state index in [9.17, 15) is 13.2 Å². The molecule has 0 saturated carbocycles. The van der Waals surface area contributed by atoms with Gasteiger partial charge in [0, 0.05) is 26.3 Å². The lowest BCUT2D eigenvalue weighted by molar-refractivity contribution is -0.142. The number of nitrogens with zero attached hydrogens (tertiary/aromatic N) is 2. The fraction of sp³-hybridized carbons (Fsp3) is 0.818. The van der Waals surface area contributed by atoms with E-state index >= 15 is 0 Å². The summed E-state index contributed by atoms with van der Waals surface area (Å²) in [5.74, 6) is -0.478. The van der Waals surface area contributed by atoms with Gasteiger partial charge in [0.15, 0.2) is 15.7 Å². The van der Waals surface area contributed by atoms with Crippen LogP contribution in [0.2, 0.25) is 0 Å². The first-order valence-corrected chi connectivity index (χ1v) is 8.29. The van der Waals surface area contributed by atoms with Crippen molar-refractivity contribution in [1.82, 2.24) is 4.90 Å². The SMILES string of the molecule is NC(=NO)C1(C(=O)N2CCS(=O)(=O)CC2)CCOCC1. The zero-order chi connectivity index (χ0) is 14.8. The van der Waals surface area contributed by atoms with E-state index in [0.29, 0.717) is 26.1 Å². The molecule has 0 aliphatic carbocycles. The minimum atomic E-state index is -3.05. The number of carbonyl (C=O) groups excluding carboxylic acids is 1. The van der Waals surface area contributed by atoms with Gasteiger partial charge in [-0.1, -0.05) is 5.16 Å². The second kappa shape index (κ2) is 5.57. The van der Waals surface area contributed by atoms with E-state index in [2.05, 4.69) is 5.16 Å². The van der Waals surface area contributed by atoms with Crippen LogP contribution in [0.15, 0.2) is 5.16 Å².